The number of fused-ring (bicyclic) bond motifs is 1. The number of aromatic hydroxyl groups is 1. The van der Waals surface area contributed by atoms with Crippen LogP contribution in [0, 0.1) is 0 Å². The summed E-state index contributed by atoms with van der Waals surface area (Å²) < 4.78 is 0. The van der Waals surface area contributed by atoms with Gasteiger partial charge in [0, 0.05) is 50.1 Å². The van der Waals surface area contributed by atoms with Crippen LogP contribution in [0.25, 0.3) is 0 Å². The highest BCUT2D eigenvalue weighted by atomic mass is 28.3. The third kappa shape index (κ3) is 4.33. The van der Waals surface area contributed by atoms with Gasteiger partial charge in [-0.2, -0.15) is 0 Å². The fraction of sp³-hybridized carbons (Fsp3) is 0.435. The number of phenols is 1. The average molecular weight is 410 g/mol. The summed E-state index contributed by atoms with van der Waals surface area (Å²) in [6.07, 6.45) is 1.95. The molecule has 4 rings (SSSR count). The van der Waals surface area contributed by atoms with Crippen LogP contribution in [0.2, 0.25) is 13.1 Å². The first-order valence-electron chi connectivity index (χ1n) is 10.6. The van der Waals surface area contributed by atoms with E-state index in [4.69, 9.17) is 0 Å². The lowest BCUT2D eigenvalue weighted by molar-refractivity contribution is 0.0769. The summed E-state index contributed by atoms with van der Waals surface area (Å²) in [5.41, 5.74) is 2.10. The van der Waals surface area contributed by atoms with E-state index in [1.54, 1.807) is 12.1 Å². The molecule has 6 heteroatoms. The van der Waals surface area contributed by atoms with Crippen molar-refractivity contribution in [3.05, 3.63) is 54.1 Å². The smallest absolute Gasteiger partial charge is 0.253 e. The van der Waals surface area contributed by atoms with Gasteiger partial charge in [-0.15, -0.1) is 0 Å². The van der Waals surface area contributed by atoms with Crippen molar-refractivity contribution in [3.63, 3.8) is 0 Å². The summed E-state index contributed by atoms with van der Waals surface area (Å²) in [5.74, 6) is 0.526. The molecule has 2 aromatic rings. The number of piperazine rings is 1. The van der Waals surface area contributed by atoms with Crippen LogP contribution in [-0.2, 0) is 0 Å². The number of anilines is 1. The molecule has 1 amide bonds. The van der Waals surface area contributed by atoms with Gasteiger partial charge in [-0.25, -0.2) is 0 Å². The molecule has 154 valence electrons. The molecule has 2 aliphatic heterocycles. The van der Waals surface area contributed by atoms with Gasteiger partial charge in [0.15, 0.2) is 0 Å². The third-order valence-electron chi connectivity index (χ3n) is 6.25. The van der Waals surface area contributed by atoms with Crippen molar-refractivity contribution in [2.75, 3.05) is 50.3 Å². The molecule has 0 unspecified atom stereocenters. The van der Waals surface area contributed by atoms with Crippen LogP contribution in [0.3, 0.4) is 0 Å². The first kappa shape index (κ1) is 20.0. The molecular formula is C23H31N3O2Si. The summed E-state index contributed by atoms with van der Waals surface area (Å²) >= 11 is 0. The predicted octanol–water partition coefficient (Wildman–Crippen LogP) is 2.51. The molecule has 0 radical (unpaired) electrons. The fourth-order valence-corrected chi connectivity index (χ4v) is 7.52. The zero-order chi connectivity index (χ0) is 20.4. The van der Waals surface area contributed by atoms with E-state index >= 15 is 0 Å². The zero-order valence-electron chi connectivity index (χ0n) is 17.5. The molecule has 0 saturated carbocycles. The van der Waals surface area contributed by atoms with Gasteiger partial charge in [-0.05, 0) is 48.5 Å². The van der Waals surface area contributed by atoms with Gasteiger partial charge in [-0.3, -0.25) is 9.69 Å². The highest BCUT2D eigenvalue weighted by Crippen LogP contribution is 2.21. The van der Waals surface area contributed by atoms with Gasteiger partial charge >= 0.3 is 0 Å². The third-order valence-corrected chi connectivity index (χ3v) is 9.32. The molecule has 0 spiro atoms. The molecule has 0 aromatic heterocycles. The van der Waals surface area contributed by atoms with E-state index in [1.807, 2.05) is 24.3 Å². The van der Waals surface area contributed by atoms with Gasteiger partial charge in [0.2, 0.25) is 0 Å². The van der Waals surface area contributed by atoms with Gasteiger partial charge in [0.1, 0.15) is 13.8 Å². The van der Waals surface area contributed by atoms with Gasteiger partial charge in [0.05, 0.1) is 0 Å². The van der Waals surface area contributed by atoms with Gasteiger partial charge in [-0.1, -0.05) is 31.3 Å². The lowest BCUT2D eigenvalue weighted by atomic mass is 10.2. The molecule has 1 N–H and O–H groups in total. The van der Waals surface area contributed by atoms with Crippen LogP contribution >= 0.6 is 0 Å². The number of benzene rings is 2. The Balaban J connectivity index is 1.27. The number of nitrogens with zero attached hydrogens (tertiary/aromatic N) is 3. The Morgan fingerprint density at radius 1 is 0.931 bits per heavy atom. The Morgan fingerprint density at radius 2 is 1.62 bits per heavy atom. The molecule has 5 nitrogen and oxygen atoms in total. The maximum absolute atomic E-state index is 12.9. The number of amides is 1. The molecule has 29 heavy (non-hydrogen) atoms. The van der Waals surface area contributed by atoms with Crippen molar-refractivity contribution in [1.29, 1.82) is 0 Å². The number of hydrogen-bond donors (Lipinski definition) is 1. The molecule has 0 atom stereocenters. The summed E-state index contributed by atoms with van der Waals surface area (Å²) in [4.78, 5) is 19.9. The first-order chi connectivity index (χ1) is 13.9. The maximum Gasteiger partial charge on any atom is 0.253 e. The summed E-state index contributed by atoms with van der Waals surface area (Å²) in [5, 5.41) is 10.8. The Morgan fingerprint density at radius 3 is 2.34 bits per heavy atom. The van der Waals surface area contributed by atoms with E-state index in [2.05, 4.69) is 39.9 Å². The minimum atomic E-state index is -1.59. The predicted molar refractivity (Wildman–Crippen MR) is 121 cm³/mol. The van der Waals surface area contributed by atoms with Crippen LogP contribution in [0.15, 0.2) is 48.5 Å². The number of carbonyl (C=O) groups is 1. The molecule has 2 aromatic carbocycles. The minimum Gasteiger partial charge on any atom is -0.508 e. The van der Waals surface area contributed by atoms with Crippen molar-refractivity contribution in [3.8, 4) is 5.75 Å². The number of rotatable bonds is 5. The SMILES string of the molecule is C[Si]1(C)CN(CCCN2CCN(c3ccc(O)cc3)CC2)C(=O)c2ccccc21. The number of carbonyl (C=O) groups excluding carboxylic acids is 1. The molecule has 0 aliphatic carbocycles. The standard InChI is InChI=1S/C23H31N3O2Si/c1-29(2)18-26(23(28)21-6-3-4-7-22(21)29)13-5-12-24-14-16-25(17-15-24)19-8-10-20(27)11-9-19/h3-4,6-11,27H,5,12-18H2,1-2H3. The van der Waals surface area contributed by atoms with Crippen LogP contribution < -0.4 is 10.1 Å². The summed E-state index contributed by atoms with van der Waals surface area (Å²) in [7, 11) is -1.59. The lowest BCUT2D eigenvalue weighted by Crippen LogP contribution is -2.60. The van der Waals surface area contributed by atoms with E-state index in [-0.39, 0.29) is 5.91 Å². The van der Waals surface area contributed by atoms with Gasteiger partial charge < -0.3 is 14.9 Å². The average Bonchev–Trinajstić information content (AvgIpc) is 2.73. The van der Waals surface area contributed by atoms with Crippen LogP contribution in [0.5, 0.6) is 5.75 Å². The lowest BCUT2D eigenvalue weighted by Gasteiger charge is -2.39. The van der Waals surface area contributed by atoms with Crippen molar-refractivity contribution < 1.29 is 9.90 Å². The second-order valence-electron chi connectivity index (χ2n) is 8.85. The van der Waals surface area contributed by atoms with Crippen LogP contribution in [0.4, 0.5) is 5.69 Å². The molecule has 2 heterocycles. The van der Waals surface area contributed by atoms with E-state index in [1.165, 1.54) is 10.9 Å². The Hall–Kier alpha value is -2.31. The Labute approximate surface area is 174 Å². The highest BCUT2D eigenvalue weighted by Gasteiger charge is 2.37. The molecule has 2 aliphatic rings. The topological polar surface area (TPSA) is 47.0 Å². The van der Waals surface area contributed by atoms with E-state index in [0.29, 0.717) is 5.75 Å². The zero-order valence-corrected chi connectivity index (χ0v) is 18.5. The first-order valence-corrected chi connectivity index (χ1v) is 13.8. The normalized spacial score (nSPS) is 19.3. The number of phenolic OH excluding ortho intramolecular Hbond substituents is 1. The van der Waals surface area contributed by atoms with Crippen LogP contribution in [-0.4, -0.2) is 74.3 Å². The molecule has 1 fully saturated rings. The highest BCUT2D eigenvalue weighted by molar-refractivity contribution is 6.91. The molecule has 1 saturated heterocycles. The summed E-state index contributed by atoms with van der Waals surface area (Å²) in [6, 6.07) is 15.7. The maximum atomic E-state index is 12.9. The molecule has 0 bridgehead atoms. The van der Waals surface area contributed by atoms with Crippen LogP contribution in [0.1, 0.15) is 16.8 Å². The second kappa shape index (κ2) is 8.20. The molecular weight excluding hydrogens is 378 g/mol. The van der Waals surface area contributed by atoms with Crippen molar-refractivity contribution >= 4 is 24.9 Å². The van der Waals surface area contributed by atoms with E-state index in [0.717, 1.165) is 57.4 Å². The van der Waals surface area contributed by atoms with Crippen molar-refractivity contribution in [2.24, 2.45) is 0 Å². The minimum absolute atomic E-state index is 0.213. The monoisotopic (exact) mass is 409 g/mol. The Kier molecular flexibility index (Phi) is 5.65. The quantitative estimate of drug-likeness (QED) is 0.771. The van der Waals surface area contributed by atoms with E-state index in [9.17, 15) is 9.90 Å². The largest absolute Gasteiger partial charge is 0.508 e. The fourth-order valence-electron chi connectivity index (χ4n) is 4.62. The second-order valence-corrected chi connectivity index (χ2v) is 13.5. The van der Waals surface area contributed by atoms with Crippen molar-refractivity contribution in [2.45, 2.75) is 19.5 Å². The van der Waals surface area contributed by atoms with Gasteiger partial charge in [0.25, 0.3) is 5.91 Å². The number of hydrogen-bond acceptors (Lipinski definition) is 4. The van der Waals surface area contributed by atoms with Crippen molar-refractivity contribution in [1.82, 2.24) is 9.80 Å². The summed E-state index contributed by atoms with van der Waals surface area (Å²) in [6.45, 7) is 10.7. The van der Waals surface area contributed by atoms with E-state index < -0.39 is 8.07 Å². The Bertz CT molecular complexity index is 861.